The normalized spacial score (nSPS) is 11.7. The molecule has 0 saturated carbocycles. The van der Waals surface area contributed by atoms with Crippen LogP contribution in [0.1, 0.15) is 13.8 Å². The summed E-state index contributed by atoms with van der Waals surface area (Å²) in [5.41, 5.74) is 0. The monoisotopic (exact) mass is 272 g/mol. The summed E-state index contributed by atoms with van der Waals surface area (Å²) >= 11 is 4.17. The molecule has 0 aliphatic heterocycles. The lowest BCUT2D eigenvalue weighted by atomic mass is 10.4. The van der Waals surface area contributed by atoms with Gasteiger partial charge in [0.25, 0.3) is 0 Å². The zero-order valence-corrected chi connectivity index (χ0v) is 12.3. The van der Waals surface area contributed by atoms with Gasteiger partial charge >= 0.3 is 8.80 Å². The molecule has 0 heterocycles. The van der Waals surface area contributed by atoms with E-state index in [9.17, 15) is 0 Å². The van der Waals surface area contributed by atoms with Gasteiger partial charge in [0.2, 0.25) is 0 Å². The van der Waals surface area contributed by atoms with E-state index in [-0.39, 0.29) is 0 Å². The molecule has 0 aromatic heterocycles. The molecule has 5 heteroatoms. The number of hydrogen-bond donors (Lipinski definition) is 1. The number of rotatable bonds is 8. The summed E-state index contributed by atoms with van der Waals surface area (Å²) < 4.78 is 17.5. The van der Waals surface area contributed by atoms with Gasteiger partial charge in [0, 0.05) is 30.8 Å². The molecule has 0 N–H and O–H groups in total. The third kappa shape index (κ3) is 4.12. The van der Waals surface area contributed by atoms with Crippen molar-refractivity contribution in [1.82, 2.24) is 0 Å². The molecule has 0 aliphatic rings. The van der Waals surface area contributed by atoms with Gasteiger partial charge in [-0.05, 0) is 13.8 Å². The van der Waals surface area contributed by atoms with Crippen LogP contribution < -0.4 is 5.19 Å². The van der Waals surface area contributed by atoms with Crippen molar-refractivity contribution in [3.8, 4) is 0 Å². The molecule has 3 nitrogen and oxygen atoms in total. The molecule has 1 aromatic rings. The molecule has 1 aromatic carbocycles. The zero-order valence-electron chi connectivity index (χ0n) is 10.4. The average Bonchev–Trinajstić information content (AvgIpc) is 2.37. The maximum Gasteiger partial charge on any atom is 0.537 e. The molecule has 0 amide bonds. The Kier molecular flexibility index (Phi) is 6.84. The lowest BCUT2D eigenvalue weighted by molar-refractivity contribution is 0.0868. The van der Waals surface area contributed by atoms with Crippen molar-refractivity contribution in [3.05, 3.63) is 30.3 Å². The van der Waals surface area contributed by atoms with Crippen LogP contribution in [0.3, 0.4) is 0 Å². The highest BCUT2D eigenvalue weighted by Gasteiger charge is 2.43. The van der Waals surface area contributed by atoms with Gasteiger partial charge in [-0.3, -0.25) is 0 Å². The van der Waals surface area contributed by atoms with Crippen molar-refractivity contribution in [2.24, 2.45) is 0 Å². The van der Waals surface area contributed by atoms with Crippen molar-refractivity contribution in [1.29, 1.82) is 0 Å². The second kappa shape index (κ2) is 7.89. The first kappa shape index (κ1) is 14.7. The molecular weight excluding hydrogens is 252 g/mol. The molecule has 1 rings (SSSR count). The fraction of sp³-hybridized carbons (Fsp3) is 0.500. The first-order chi connectivity index (χ1) is 8.29. The van der Waals surface area contributed by atoms with Crippen LogP contribution >= 0.6 is 12.6 Å². The maximum atomic E-state index is 5.86. The van der Waals surface area contributed by atoms with E-state index in [0.717, 1.165) is 5.19 Å². The van der Waals surface area contributed by atoms with Crippen LogP contribution in [0.15, 0.2) is 30.3 Å². The molecular formula is C12H20O3SSi. The Bertz CT molecular complexity index is 302. The van der Waals surface area contributed by atoms with E-state index in [1.807, 2.05) is 44.2 Å². The second-order valence-corrected chi connectivity index (χ2v) is 6.36. The Morgan fingerprint density at radius 3 is 2.06 bits per heavy atom. The topological polar surface area (TPSA) is 27.7 Å². The Morgan fingerprint density at radius 1 is 1.00 bits per heavy atom. The third-order valence-electron chi connectivity index (χ3n) is 2.18. The van der Waals surface area contributed by atoms with Gasteiger partial charge in [-0.15, -0.1) is 0 Å². The molecule has 0 saturated heterocycles. The molecule has 0 aliphatic carbocycles. The van der Waals surface area contributed by atoms with E-state index in [0.29, 0.717) is 25.6 Å². The fourth-order valence-corrected chi connectivity index (χ4v) is 4.32. The summed E-state index contributed by atoms with van der Waals surface area (Å²) in [5.74, 6) is 0.654. The first-order valence-electron chi connectivity index (χ1n) is 5.87. The molecule has 0 atom stereocenters. The Labute approximate surface area is 110 Å². The minimum Gasteiger partial charge on any atom is -0.370 e. The molecule has 0 radical (unpaired) electrons. The van der Waals surface area contributed by atoms with Crippen LogP contribution in [0, 0.1) is 0 Å². The van der Waals surface area contributed by atoms with Gasteiger partial charge in [-0.2, -0.15) is 12.6 Å². The maximum absolute atomic E-state index is 5.86. The zero-order chi connectivity index (χ0) is 12.6. The summed E-state index contributed by atoms with van der Waals surface area (Å²) in [6, 6.07) is 9.91. The van der Waals surface area contributed by atoms with Crippen LogP contribution in [-0.2, 0) is 13.3 Å². The first-order valence-corrected chi connectivity index (χ1v) is 8.23. The van der Waals surface area contributed by atoms with Crippen molar-refractivity contribution < 1.29 is 13.3 Å². The van der Waals surface area contributed by atoms with Gasteiger partial charge in [0.1, 0.15) is 0 Å². The smallest absolute Gasteiger partial charge is 0.370 e. The fourth-order valence-electron chi connectivity index (χ4n) is 1.58. The van der Waals surface area contributed by atoms with Gasteiger partial charge in [-0.1, -0.05) is 30.3 Å². The Balaban J connectivity index is 2.95. The highest BCUT2D eigenvalue weighted by atomic mass is 32.1. The number of thiol groups is 1. The minimum atomic E-state index is -2.74. The average molecular weight is 272 g/mol. The van der Waals surface area contributed by atoms with Crippen LogP contribution in [0.2, 0.25) is 0 Å². The van der Waals surface area contributed by atoms with Crippen LogP contribution in [-0.4, -0.2) is 34.4 Å². The third-order valence-corrected chi connectivity index (χ3v) is 5.32. The van der Waals surface area contributed by atoms with Gasteiger partial charge in [-0.25, -0.2) is 0 Å². The van der Waals surface area contributed by atoms with Crippen molar-refractivity contribution >= 4 is 26.6 Å². The molecule has 0 unspecified atom stereocenters. The van der Waals surface area contributed by atoms with E-state index >= 15 is 0 Å². The van der Waals surface area contributed by atoms with Gasteiger partial charge in [0.05, 0.1) is 0 Å². The van der Waals surface area contributed by atoms with Crippen LogP contribution in [0.25, 0.3) is 0 Å². The van der Waals surface area contributed by atoms with Crippen molar-refractivity contribution in [2.45, 2.75) is 13.8 Å². The van der Waals surface area contributed by atoms with Crippen molar-refractivity contribution in [2.75, 3.05) is 25.6 Å². The predicted octanol–water partition coefficient (Wildman–Crippen LogP) is 1.85. The summed E-state index contributed by atoms with van der Waals surface area (Å²) in [7, 11) is -2.74. The lowest BCUT2D eigenvalue weighted by Crippen LogP contribution is -2.57. The summed E-state index contributed by atoms with van der Waals surface area (Å²) in [4.78, 5) is 0. The van der Waals surface area contributed by atoms with E-state index in [4.69, 9.17) is 13.3 Å². The summed E-state index contributed by atoms with van der Waals surface area (Å²) in [6.45, 7) is 5.59. The van der Waals surface area contributed by atoms with E-state index < -0.39 is 8.80 Å². The minimum absolute atomic E-state index is 0.532. The van der Waals surface area contributed by atoms with Crippen LogP contribution in [0.4, 0.5) is 0 Å². The van der Waals surface area contributed by atoms with Gasteiger partial charge < -0.3 is 13.3 Å². The SMILES string of the molecule is CCO[Si](OCC)(OCCS)c1ccccc1. The van der Waals surface area contributed by atoms with E-state index in [1.54, 1.807) is 0 Å². The quantitative estimate of drug-likeness (QED) is 0.578. The Hall–Kier alpha value is -0.333. The van der Waals surface area contributed by atoms with Crippen molar-refractivity contribution in [3.63, 3.8) is 0 Å². The highest BCUT2D eigenvalue weighted by Crippen LogP contribution is 2.11. The molecule has 17 heavy (non-hydrogen) atoms. The van der Waals surface area contributed by atoms with E-state index in [2.05, 4.69) is 12.6 Å². The molecule has 0 bridgehead atoms. The number of hydrogen-bond acceptors (Lipinski definition) is 4. The largest absolute Gasteiger partial charge is 0.537 e. The molecule has 96 valence electrons. The standard InChI is InChI=1S/C12H20O3SSi/c1-3-13-17(14-4-2,15-10-11-16)12-8-6-5-7-9-12/h5-9,16H,3-4,10-11H2,1-2H3. The lowest BCUT2D eigenvalue weighted by Gasteiger charge is -2.28. The number of benzene rings is 1. The summed E-state index contributed by atoms with van der Waals surface area (Å²) in [6.07, 6.45) is 0. The van der Waals surface area contributed by atoms with E-state index in [1.165, 1.54) is 0 Å². The highest BCUT2D eigenvalue weighted by molar-refractivity contribution is 7.80. The second-order valence-electron chi connectivity index (χ2n) is 3.36. The molecule has 0 fully saturated rings. The Morgan fingerprint density at radius 2 is 1.59 bits per heavy atom. The predicted molar refractivity (Wildman–Crippen MR) is 74.9 cm³/mol. The van der Waals surface area contributed by atoms with Gasteiger partial charge in [0.15, 0.2) is 0 Å². The van der Waals surface area contributed by atoms with Crippen LogP contribution in [0.5, 0.6) is 0 Å². The molecule has 0 spiro atoms. The summed E-state index contributed by atoms with van der Waals surface area (Å²) in [5, 5.41) is 1.01.